The lowest BCUT2D eigenvalue weighted by Crippen LogP contribution is -2.47. The number of nitrogens with two attached hydrogens (primary N) is 1. The lowest BCUT2D eigenvalue weighted by atomic mass is 10.0. The van der Waals surface area contributed by atoms with Crippen LogP contribution in [0, 0.1) is 5.92 Å². The quantitative estimate of drug-likeness (QED) is 0.696. The van der Waals surface area contributed by atoms with Crippen LogP contribution in [0.2, 0.25) is 0 Å². The van der Waals surface area contributed by atoms with E-state index in [1.807, 2.05) is 44.2 Å². The molecule has 8 heteroatoms. The topological polar surface area (TPSA) is 99.1 Å². The van der Waals surface area contributed by atoms with E-state index in [2.05, 4.69) is 5.32 Å². The molecule has 1 unspecified atom stereocenters. The molecular weight excluding hydrogens is 368 g/mol. The molecule has 0 bridgehead atoms. The van der Waals surface area contributed by atoms with Gasteiger partial charge in [-0.25, -0.2) is 4.79 Å². The minimum absolute atomic E-state index is 0. The summed E-state index contributed by atoms with van der Waals surface area (Å²) in [6.45, 7) is 4.41. The van der Waals surface area contributed by atoms with Crippen LogP contribution < -0.4 is 22.3 Å². The van der Waals surface area contributed by atoms with Crippen LogP contribution in [-0.4, -0.2) is 27.6 Å². The molecule has 1 heterocycles. The predicted molar refractivity (Wildman–Crippen MR) is 108 cm³/mol. The summed E-state index contributed by atoms with van der Waals surface area (Å²) in [5.41, 5.74) is 5.61. The minimum atomic E-state index is -0.510. The molecule has 0 saturated heterocycles. The summed E-state index contributed by atoms with van der Waals surface area (Å²) >= 11 is 0. The van der Waals surface area contributed by atoms with Gasteiger partial charge < -0.3 is 11.1 Å². The van der Waals surface area contributed by atoms with E-state index in [1.165, 1.54) is 16.8 Å². The smallest absolute Gasteiger partial charge is 0.331 e. The highest BCUT2D eigenvalue weighted by molar-refractivity contribution is 5.85. The largest absolute Gasteiger partial charge is 0.351 e. The van der Waals surface area contributed by atoms with Crippen molar-refractivity contribution in [3.8, 4) is 0 Å². The highest BCUT2D eigenvalue weighted by Crippen LogP contribution is 2.03. The first-order chi connectivity index (χ1) is 12.4. The maximum Gasteiger partial charge on any atom is 0.331 e. The molecule has 0 saturated carbocycles. The van der Waals surface area contributed by atoms with Gasteiger partial charge in [0.15, 0.2) is 0 Å². The Morgan fingerprint density at radius 2 is 1.81 bits per heavy atom. The van der Waals surface area contributed by atoms with Crippen molar-refractivity contribution in [2.24, 2.45) is 11.7 Å². The fraction of sp³-hybridized carbons (Fsp3) is 0.421. The molecule has 1 amide bonds. The van der Waals surface area contributed by atoms with Crippen molar-refractivity contribution in [2.75, 3.05) is 6.54 Å². The molecule has 0 aliphatic carbocycles. The van der Waals surface area contributed by atoms with Crippen LogP contribution >= 0.6 is 12.4 Å². The third kappa shape index (κ3) is 6.69. The molecule has 0 radical (unpaired) electrons. The van der Waals surface area contributed by atoms with Crippen LogP contribution in [0.5, 0.6) is 0 Å². The summed E-state index contributed by atoms with van der Waals surface area (Å²) in [5.74, 6) is -0.0100. The number of carbonyl (C=O) groups excluding carboxylic acids is 1. The summed E-state index contributed by atoms with van der Waals surface area (Å²) < 4.78 is 2.36. The van der Waals surface area contributed by atoms with Crippen molar-refractivity contribution in [3.05, 3.63) is 69.0 Å². The maximum atomic E-state index is 12.6. The Morgan fingerprint density at radius 1 is 1.15 bits per heavy atom. The highest BCUT2D eigenvalue weighted by Gasteiger charge is 2.15. The number of nitrogens with zero attached hydrogens (tertiary/aromatic N) is 2. The zero-order chi connectivity index (χ0) is 19.1. The van der Waals surface area contributed by atoms with Gasteiger partial charge in [0.1, 0.15) is 6.54 Å². The molecule has 0 spiro atoms. The summed E-state index contributed by atoms with van der Waals surface area (Å²) in [6.07, 6.45) is 2.19. The summed E-state index contributed by atoms with van der Waals surface area (Å²) in [4.78, 5) is 36.9. The average molecular weight is 395 g/mol. The van der Waals surface area contributed by atoms with E-state index in [0.717, 1.165) is 16.6 Å². The molecule has 27 heavy (non-hydrogen) atoms. The fourth-order valence-electron chi connectivity index (χ4n) is 2.80. The van der Waals surface area contributed by atoms with Gasteiger partial charge in [-0.15, -0.1) is 12.4 Å². The Morgan fingerprint density at radius 3 is 2.41 bits per heavy atom. The summed E-state index contributed by atoms with van der Waals surface area (Å²) in [7, 11) is 0. The molecular formula is C19H27ClN4O3. The van der Waals surface area contributed by atoms with Crippen molar-refractivity contribution < 1.29 is 4.79 Å². The first-order valence-electron chi connectivity index (χ1n) is 8.74. The van der Waals surface area contributed by atoms with Gasteiger partial charge >= 0.3 is 5.69 Å². The van der Waals surface area contributed by atoms with Gasteiger partial charge in [-0.05, 0) is 17.9 Å². The zero-order valence-corrected chi connectivity index (χ0v) is 16.4. The third-order valence-corrected chi connectivity index (χ3v) is 4.04. The Labute approximate surface area is 164 Å². The molecule has 1 aromatic carbocycles. The summed E-state index contributed by atoms with van der Waals surface area (Å²) in [5, 5.41) is 2.80. The molecule has 2 rings (SSSR count). The molecule has 1 atom stereocenters. The van der Waals surface area contributed by atoms with E-state index in [-0.39, 0.29) is 25.0 Å². The van der Waals surface area contributed by atoms with Gasteiger partial charge in [-0.3, -0.25) is 18.7 Å². The number of rotatable bonds is 8. The predicted octanol–water partition coefficient (Wildman–Crippen LogP) is 0.970. The van der Waals surface area contributed by atoms with Gasteiger partial charge in [0, 0.05) is 24.8 Å². The lowest BCUT2D eigenvalue weighted by Gasteiger charge is -2.19. The van der Waals surface area contributed by atoms with Gasteiger partial charge in [0.25, 0.3) is 5.56 Å². The zero-order valence-electron chi connectivity index (χ0n) is 15.6. The molecule has 0 aliphatic heterocycles. The SMILES string of the molecule is CC(C)CC(CN)NC(=O)Cn1c(=O)ccn(Cc2ccccc2)c1=O.Cl. The fourth-order valence-corrected chi connectivity index (χ4v) is 2.80. The second-order valence-electron chi connectivity index (χ2n) is 6.77. The molecule has 0 aliphatic rings. The number of aromatic nitrogens is 2. The Bertz CT molecular complexity index is 846. The van der Waals surface area contributed by atoms with Crippen LogP contribution in [0.1, 0.15) is 25.8 Å². The Balaban J connectivity index is 0.00000364. The molecule has 2 aromatic rings. The van der Waals surface area contributed by atoms with Gasteiger partial charge in [0.05, 0.1) is 6.54 Å². The number of amides is 1. The van der Waals surface area contributed by atoms with Crippen LogP contribution in [0.25, 0.3) is 0 Å². The maximum absolute atomic E-state index is 12.6. The molecule has 1 aromatic heterocycles. The number of halogens is 1. The monoisotopic (exact) mass is 394 g/mol. The van der Waals surface area contributed by atoms with Crippen LogP contribution in [0.3, 0.4) is 0 Å². The van der Waals surface area contributed by atoms with Crippen molar-refractivity contribution in [1.82, 2.24) is 14.5 Å². The van der Waals surface area contributed by atoms with E-state index in [0.29, 0.717) is 19.0 Å². The standard InChI is InChI=1S/C19H26N4O3.ClH/c1-14(2)10-16(11-20)21-17(24)13-23-18(25)8-9-22(19(23)26)12-15-6-4-3-5-7-15;/h3-9,14,16H,10-13,20H2,1-2H3,(H,21,24);1H. The Kier molecular flexibility index (Phi) is 8.97. The first-order valence-corrected chi connectivity index (χ1v) is 8.74. The Hall–Kier alpha value is -2.38. The van der Waals surface area contributed by atoms with Crippen molar-refractivity contribution >= 4 is 18.3 Å². The molecule has 148 valence electrons. The second-order valence-corrected chi connectivity index (χ2v) is 6.77. The summed E-state index contributed by atoms with van der Waals surface area (Å²) in [6, 6.07) is 10.6. The van der Waals surface area contributed by atoms with Crippen LogP contribution in [-0.2, 0) is 17.9 Å². The minimum Gasteiger partial charge on any atom is -0.351 e. The number of nitrogens with one attached hydrogen (secondary N) is 1. The van der Waals surface area contributed by atoms with E-state index in [1.54, 1.807) is 0 Å². The van der Waals surface area contributed by atoms with Crippen LogP contribution in [0.4, 0.5) is 0 Å². The lowest BCUT2D eigenvalue weighted by molar-refractivity contribution is -0.122. The van der Waals surface area contributed by atoms with Crippen molar-refractivity contribution in [3.63, 3.8) is 0 Å². The van der Waals surface area contributed by atoms with Gasteiger partial charge in [-0.2, -0.15) is 0 Å². The highest BCUT2D eigenvalue weighted by atomic mass is 35.5. The number of hydrogen-bond acceptors (Lipinski definition) is 4. The van der Waals surface area contributed by atoms with E-state index in [4.69, 9.17) is 5.73 Å². The second kappa shape index (κ2) is 10.7. The number of benzene rings is 1. The number of hydrogen-bond donors (Lipinski definition) is 2. The van der Waals surface area contributed by atoms with E-state index >= 15 is 0 Å². The molecule has 7 nitrogen and oxygen atoms in total. The third-order valence-electron chi connectivity index (χ3n) is 4.04. The van der Waals surface area contributed by atoms with Gasteiger partial charge in [-0.1, -0.05) is 44.2 Å². The van der Waals surface area contributed by atoms with Gasteiger partial charge in [0.2, 0.25) is 5.91 Å². The number of carbonyl (C=O) groups is 1. The van der Waals surface area contributed by atoms with Crippen LogP contribution in [0.15, 0.2) is 52.2 Å². The first kappa shape index (κ1) is 22.7. The van der Waals surface area contributed by atoms with E-state index in [9.17, 15) is 14.4 Å². The van der Waals surface area contributed by atoms with E-state index < -0.39 is 17.2 Å². The van der Waals surface area contributed by atoms with Crippen molar-refractivity contribution in [2.45, 2.75) is 39.4 Å². The molecule has 0 fully saturated rings. The average Bonchev–Trinajstić information content (AvgIpc) is 2.61. The van der Waals surface area contributed by atoms with Crippen molar-refractivity contribution in [1.29, 1.82) is 0 Å². The molecule has 3 N–H and O–H groups in total. The normalized spacial score (nSPS) is 11.7.